The molecular formula is C12H24N2O. The highest BCUT2D eigenvalue weighted by molar-refractivity contribution is 4.87. The lowest BCUT2D eigenvalue weighted by molar-refractivity contribution is -0.0138. The van der Waals surface area contributed by atoms with Crippen molar-refractivity contribution in [2.75, 3.05) is 32.8 Å². The third-order valence-electron chi connectivity index (χ3n) is 3.39. The largest absolute Gasteiger partial charge is 0.377 e. The molecule has 1 atom stereocenters. The molecule has 0 amide bonds. The van der Waals surface area contributed by atoms with E-state index < -0.39 is 0 Å². The predicted octanol–water partition coefficient (Wildman–Crippen LogP) is 1.24. The number of hydrogen-bond donors (Lipinski definition) is 1. The Kier molecular flexibility index (Phi) is 3.65. The molecule has 0 aromatic heterocycles. The highest BCUT2D eigenvalue weighted by atomic mass is 16.5. The summed E-state index contributed by atoms with van der Waals surface area (Å²) >= 11 is 0. The summed E-state index contributed by atoms with van der Waals surface area (Å²) in [6.45, 7) is 10.1. The summed E-state index contributed by atoms with van der Waals surface area (Å²) in [7, 11) is 0. The summed E-state index contributed by atoms with van der Waals surface area (Å²) in [6, 6.07) is 0. The second kappa shape index (κ2) is 4.81. The molecule has 0 aliphatic carbocycles. The molecule has 2 saturated heterocycles. The Balaban J connectivity index is 1.78. The van der Waals surface area contributed by atoms with Crippen LogP contribution in [0.15, 0.2) is 0 Å². The Labute approximate surface area is 93.2 Å². The molecule has 0 spiro atoms. The molecule has 0 aromatic carbocycles. The van der Waals surface area contributed by atoms with Crippen molar-refractivity contribution in [2.24, 2.45) is 0 Å². The lowest BCUT2D eigenvalue weighted by atomic mass is 10.0. The fourth-order valence-electron chi connectivity index (χ4n) is 2.64. The van der Waals surface area contributed by atoms with Gasteiger partial charge in [-0.15, -0.1) is 0 Å². The van der Waals surface area contributed by atoms with Crippen molar-refractivity contribution in [2.45, 2.75) is 44.8 Å². The number of hydrogen-bond acceptors (Lipinski definition) is 3. The molecule has 2 rings (SSSR count). The minimum atomic E-state index is 0.271. The van der Waals surface area contributed by atoms with Crippen molar-refractivity contribution >= 4 is 0 Å². The summed E-state index contributed by atoms with van der Waals surface area (Å²) in [4.78, 5) is 2.55. The molecule has 2 fully saturated rings. The minimum Gasteiger partial charge on any atom is -0.377 e. The minimum absolute atomic E-state index is 0.271. The quantitative estimate of drug-likeness (QED) is 0.745. The second-order valence-electron chi connectivity index (χ2n) is 5.53. The predicted molar refractivity (Wildman–Crippen MR) is 62.1 cm³/mol. The Morgan fingerprint density at radius 3 is 2.93 bits per heavy atom. The van der Waals surface area contributed by atoms with Gasteiger partial charge in [-0.2, -0.15) is 0 Å². The average Bonchev–Trinajstić information content (AvgIpc) is 2.17. The molecule has 15 heavy (non-hydrogen) atoms. The van der Waals surface area contributed by atoms with E-state index in [9.17, 15) is 0 Å². The number of ether oxygens (including phenoxy) is 1. The van der Waals surface area contributed by atoms with Gasteiger partial charge in [-0.25, -0.2) is 0 Å². The summed E-state index contributed by atoms with van der Waals surface area (Å²) in [5.74, 6) is 0. The van der Waals surface area contributed by atoms with E-state index in [1.54, 1.807) is 0 Å². The van der Waals surface area contributed by atoms with Crippen LogP contribution in [0, 0.1) is 0 Å². The van der Waals surface area contributed by atoms with Crippen molar-refractivity contribution in [3.8, 4) is 0 Å². The molecule has 0 saturated carbocycles. The van der Waals surface area contributed by atoms with Gasteiger partial charge in [0.2, 0.25) is 0 Å². The van der Waals surface area contributed by atoms with Crippen molar-refractivity contribution in [1.82, 2.24) is 10.2 Å². The molecule has 0 aromatic rings. The fourth-order valence-corrected chi connectivity index (χ4v) is 2.64. The molecule has 2 heterocycles. The van der Waals surface area contributed by atoms with Gasteiger partial charge in [-0.3, -0.25) is 4.90 Å². The van der Waals surface area contributed by atoms with Crippen LogP contribution in [0.2, 0.25) is 0 Å². The molecule has 1 N–H and O–H groups in total. The van der Waals surface area contributed by atoms with Gasteiger partial charge < -0.3 is 10.1 Å². The van der Waals surface area contributed by atoms with E-state index in [0.29, 0.717) is 6.10 Å². The van der Waals surface area contributed by atoms with Crippen molar-refractivity contribution < 1.29 is 4.74 Å². The van der Waals surface area contributed by atoms with E-state index in [4.69, 9.17) is 4.74 Å². The highest BCUT2D eigenvalue weighted by Crippen LogP contribution is 2.16. The summed E-state index contributed by atoms with van der Waals surface area (Å²) in [5.41, 5.74) is 0.271. The van der Waals surface area contributed by atoms with Crippen LogP contribution < -0.4 is 5.32 Å². The molecule has 0 radical (unpaired) electrons. The normalized spacial score (nSPS) is 32.8. The maximum atomic E-state index is 5.79. The van der Waals surface area contributed by atoms with Gasteiger partial charge in [0.15, 0.2) is 0 Å². The molecule has 2 aliphatic rings. The first-order valence-electron chi connectivity index (χ1n) is 6.25. The second-order valence-corrected chi connectivity index (χ2v) is 5.53. The Hall–Kier alpha value is -0.120. The maximum Gasteiger partial charge on any atom is 0.0702 e. The third-order valence-corrected chi connectivity index (χ3v) is 3.39. The van der Waals surface area contributed by atoms with Crippen LogP contribution in [0.25, 0.3) is 0 Å². The Morgan fingerprint density at radius 1 is 1.40 bits per heavy atom. The van der Waals surface area contributed by atoms with Crippen LogP contribution in [0.4, 0.5) is 0 Å². The first-order valence-corrected chi connectivity index (χ1v) is 6.25. The summed E-state index contributed by atoms with van der Waals surface area (Å²) in [6.07, 6.45) is 4.35. The lowest BCUT2D eigenvalue weighted by Gasteiger charge is -2.40. The standard InChI is InChI=1S/C12H24N2O/c1-12(2)10-14(7-6-13-12)9-11-5-3-4-8-15-11/h11,13H,3-10H2,1-2H3. The molecule has 2 aliphatic heterocycles. The van der Waals surface area contributed by atoms with Crippen molar-refractivity contribution in [3.05, 3.63) is 0 Å². The zero-order chi connectivity index (χ0) is 10.7. The SMILES string of the molecule is CC1(C)CN(CC2CCCCO2)CCN1. The van der Waals surface area contributed by atoms with Crippen LogP contribution in [0.1, 0.15) is 33.1 Å². The number of rotatable bonds is 2. The zero-order valence-corrected chi connectivity index (χ0v) is 10.1. The van der Waals surface area contributed by atoms with Gasteiger partial charge in [-0.1, -0.05) is 0 Å². The molecule has 3 nitrogen and oxygen atoms in total. The number of piperazine rings is 1. The Bertz CT molecular complexity index is 200. The van der Waals surface area contributed by atoms with E-state index >= 15 is 0 Å². The highest BCUT2D eigenvalue weighted by Gasteiger charge is 2.27. The monoisotopic (exact) mass is 212 g/mol. The van der Waals surface area contributed by atoms with E-state index in [-0.39, 0.29) is 5.54 Å². The molecule has 1 unspecified atom stereocenters. The van der Waals surface area contributed by atoms with E-state index in [2.05, 4.69) is 24.1 Å². The first-order chi connectivity index (χ1) is 7.16. The van der Waals surface area contributed by atoms with E-state index in [1.807, 2.05) is 0 Å². The van der Waals surface area contributed by atoms with Gasteiger partial charge in [-0.05, 0) is 33.1 Å². The van der Waals surface area contributed by atoms with Crippen LogP contribution in [0.5, 0.6) is 0 Å². The van der Waals surface area contributed by atoms with Crippen molar-refractivity contribution in [3.63, 3.8) is 0 Å². The number of nitrogens with zero attached hydrogens (tertiary/aromatic N) is 1. The first kappa shape index (κ1) is 11.4. The van der Waals surface area contributed by atoms with Gasteiger partial charge in [0.1, 0.15) is 0 Å². The molecular weight excluding hydrogens is 188 g/mol. The van der Waals surface area contributed by atoms with Crippen LogP contribution in [0.3, 0.4) is 0 Å². The van der Waals surface area contributed by atoms with Crippen molar-refractivity contribution in [1.29, 1.82) is 0 Å². The maximum absolute atomic E-state index is 5.79. The third kappa shape index (κ3) is 3.44. The molecule has 3 heteroatoms. The van der Waals surface area contributed by atoms with Crippen LogP contribution >= 0.6 is 0 Å². The molecule has 88 valence electrons. The van der Waals surface area contributed by atoms with E-state index in [0.717, 1.165) is 26.2 Å². The molecule has 0 bridgehead atoms. The summed E-state index contributed by atoms with van der Waals surface area (Å²) in [5, 5.41) is 3.54. The topological polar surface area (TPSA) is 24.5 Å². The van der Waals surface area contributed by atoms with E-state index in [1.165, 1.54) is 25.8 Å². The smallest absolute Gasteiger partial charge is 0.0702 e. The summed E-state index contributed by atoms with van der Waals surface area (Å²) < 4.78 is 5.79. The average molecular weight is 212 g/mol. The van der Waals surface area contributed by atoms with Gasteiger partial charge in [0.05, 0.1) is 6.10 Å². The lowest BCUT2D eigenvalue weighted by Crippen LogP contribution is -2.58. The number of nitrogens with one attached hydrogen (secondary N) is 1. The Morgan fingerprint density at radius 2 is 2.27 bits per heavy atom. The zero-order valence-electron chi connectivity index (χ0n) is 10.1. The van der Waals surface area contributed by atoms with Gasteiger partial charge >= 0.3 is 0 Å². The van der Waals surface area contributed by atoms with Crippen LogP contribution in [-0.2, 0) is 4.74 Å². The van der Waals surface area contributed by atoms with Crippen LogP contribution in [-0.4, -0.2) is 49.3 Å². The van der Waals surface area contributed by atoms with Gasteiger partial charge in [0.25, 0.3) is 0 Å². The van der Waals surface area contributed by atoms with Gasteiger partial charge in [0, 0.05) is 38.3 Å². The fraction of sp³-hybridized carbons (Fsp3) is 1.00.